The summed E-state index contributed by atoms with van der Waals surface area (Å²) in [6, 6.07) is 9.27. The van der Waals surface area contributed by atoms with Gasteiger partial charge in [0.15, 0.2) is 0 Å². The van der Waals surface area contributed by atoms with E-state index in [0.29, 0.717) is 5.56 Å². The number of phenols is 1. The fraction of sp³-hybridized carbons (Fsp3) is 0.154. The van der Waals surface area contributed by atoms with E-state index in [1.807, 2.05) is 24.3 Å². The molecule has 0 saturated carbocycles. The van der Waals surface area contributed by atoms with Crippen LogP contribution < -0.4 is 0 Å². The van der Waals surface area contributed by atoms with Gasteiger partial charge >= 0.3 is 0 Å². The summed E-state index contributed by atoms with van der Waals surface area (Å²) < 4.78 is 0.986. The zero-order valence-corrected chi connectivity index (χ0v) is 10.4. The summed E-state index contributed by atoms with van der Waals surface area (Å²) in [5.41, 5.74) is 0.706. The number of hydrogen-bond donors (Lipinski definition) is 1. The molecule has 2 aromatic rings. The molecule has 0 aliphatic carbocycles. The molecule has 2 rings (SSSR count). The SMILES string of the molecule is CC(=O)Cc1c(O)ccc2cc(Br)ccc12. The molecule has 0 atom stereocenters. The Hall–Kier alpha value is -1.35. The maximum Gasteiger partial charge on any atom is 0.134 e. The maximum atomic E-state index is 11.2. The average molecular weight is 279 g/mol. The normalized spacial score (nSPS) is 10.6. The molecule has 0 saturated heterocycles. The molecule has 3 heteroatoms. The van der Waals surface area contributed by atoms with Crippen molar-refractivity contribution in [2.75, 3.05) is 0 Å². The third kappa shape index (κ3) is 2.09. The van der Waals surface area contributed by atoms with Gasteiger partial charge in [-0.25, -0.2) is 0 Å². The van der Waals surface area contributed by atoms with Gasteiger partial charge in [0.05, 0.1) is 0 Å². The number of phenolic OH excluding ortho intramolecular Hbond substituents is 1. The van der Waals surface area contributed by atoms with Gasteiger partial charge in [0.25, 0.3) is 0 Å². The topological polar surface area (TPSA) is 37.3 Å². The van der Waals surface area contributed by atoms with E-state index in [9.17, 15) is 9.90 Å². The minimum absolute atomic E-state index is 0.0470. The highest BCUT2D eigenvalue weighted by atomic mass is 79.9. The molecule has 0 radical (unpaired) electrons. The number of ketones is 1. The highest BCUT2D eigenvalue weighted by molar-refractivity contribution is 9.10. The van der Waals surface area contributed by atoms with Crippen molar-refractivity contribution in [3.63, 3.8) is 0 Å². The number of benzene rings is 2. The smallest absolute Gasteiger partial charge is 0.134 e. The largest absolute Gasteiger partial charge is 0.508 e. The first kappa shape index (κ1) is 11.1. The van der Waals surface area contributed by atoms with Crippen LogP contribution in [0.4, 0.5) is 0 Å². The Morgan fingerprint density at radius 2 is 2.06 bits per heavy atom. The lowest BCUT2D eigenvalue weighted by Crippen LogP contribution is -1.97. The summed E-state index contributed by atoms with van der Waals surface area (Å²) in [6.45, 7) is 1.52. The summed E-state index contributed by atoms with van der Waals surface area (Å²) in [6.07, 6.45) is 0.269. The highest BCUT2D eigenvalue weighted by Gasteiger charge is 2.09. The van der Waals surface area contributed by atoms with Crippen LogP contribution in [0.2, 0.25) is 0 Å². The fourth-order valence-electron chi connectivity index (χ4n) is 1.79. The van der Waals surface area contributed by atoms with Crippen molar-refractivity contribution in [2.45, 2.75) is 13.3 Å². The first-order chi connectivity index (χ1) is 7.58. The third-order valence-electron chi connectivity index (χ3n) is 2.49. The second-order valence-electron chi connectivity index (χ2n) is 3.81. The molecule has 0 bridgehead atoms. The van der Waals surface area contributed by atoms with Crippen molar-refractivity contribution in [3.05, 3.63) is 40.4 Å². The Morgan fingerprint density at radius 3 is 2.75 bits per heavy atom. The zero-order chi connectivity index (χ0) is 11.7. The van der Waals surface area contributed by atoms with Crippen molar-refractivity contribution in [1.29, 1.82) is 0 Å². The van der Waals surface area contributed by atoms with E-state index in [-0.39, 0.29) is 18.0 Å². The minimum atomic E-state index is 0.0470. The van der Waals surface area contributed by atoms with Crippen LogP contribution >= 0.6 is 15.9 Å². The van der Waals surface area contributed by atoms with E-state index in [1.54, 1.807) is 6.07 Å². The van der Waals surface area contributed by atoms with Gasteiger partial charge in [0.1, 0.15) is 11.5 Å². The predicted molar refractivity (Wildman–Crippen MR) is 67.7 cm³/mol. The third-order valence-corrected chi connectivity index (χ3v) is 2.99. The van der Waals surface area contributed by atoms with Crippen LogP contribution in [-0.2, 0) is 11.2 Å². The van der Waals surface area contributed by atoms with Crippen LogP contribution in [0.25, 0.3) is 10.8 Å². The number of carbonyl (C=O) groups is 1. The van der Waals surface area contributed by atoms with Gasteiger partial charge in [0, 0.05) is 16.5 Å². The fourth-order valence-corrected chi connectivity index (χ4v) is 2.17. The molecule has 0 spiro atoms. The van der Waals surface area contributed by atoms with Crippen LogP contribution in [0.5, 0.6) is 5.75 Å². The lowest BCUT2D eigenvalue weighted by Gasteiger charge is -2.07. The van der Waals surface area contributed by atoms with Crippen molar-refractivity contribution < 1.29 is 9.90 Å². The highest BCUT2D eigenvalue weighted by Crippen LogP contribution is 2.29. The summed E-state index contributed by atoms with van der Waals surface area (Å²) in [5.74, 6) is 0.232. The molecule has 16 heavy (non-hydrogen) atoms. The van der Waals surface area contributed by atoms with E-state index >= 15 is 0 Å². The van der Waals surface area contributed by atoms with E-state index in [2.05, 4.69) is 15.9 Å². The molecule has 82 valence electrons. The number of hydrogen-bond acceptors (Lipinski definition) is 2. The minimum Gasteiger partial charge on any atom is -0.508 e. The zero-order valence-electron chi connectivity index (χ0n) is 8.83. The number of fused-ring (bicyclic) bond motifs is 1. The van der Waals surface area contributed by atoms with Crippen LogP contribution in [0.1, 0.15) is 12.5 Å². The van der Waals surface area contributed by atoms with Crippen molar-refractivity contribution >= 4 is 32.5 Å². The molecule has 0 heterocycles. The lowest BCUT2D eigenvalue weighted by atomic mass is 10.00. The molecule has 0 aliphatic heterocycles. The molecule has 2 nitrogen and oxygen atoms in total. The summed E-state index contributed by atoms with van der Waals surface area (Å²) >= 11 is 3.40. The second kappa shape index (κ2) is 4.26. The molecule has 0 amide bonds. The number of rotatable bonds is 2. The molecule has 0 aliphatic rings. The first-order valence-corrected chi connectivity index (χ1v) is 5.77. The van der Waals surface area contributed by atoms with Crippen molar-refractivity contribution in [3.8, 4) is 5.75 Å². The Balaban J connectivity index is 2.69. The predicted octanol–water partition coefficient (Wildman–Crippen LogP) is 3.44. The summed E-state index contributed by atoms with van der Waals surface area (Å²) in [4.78, 5) is 11.2. The monoisotopic (exact) mass is 278 g/mol. The van der Waals surface area contributed by atoms with Gasteiger partial charge in [-0.1, -0.05) is 28.1 Å². The standard InChI is InChI=1S/C13H11BrO2/c1-8(15)6-12-11-4-3-10(14)7-9(11)2-5-13(12)16/h2-5,7,16H,6H2,1H3. The second-order valence-corrected chi connectivity index (χ2v) is 4.72. The molecular formula is C13H11BrO2. The molecule has 0 fully saturated rings. The number of Topliss-reactive ketones (excluding diaryl/α,β-unsaturated/α-hetero) is 1. The van der Waals surface area contributed by atoms with Crippen LogP contribution in [-0.4, -0.2) is 10.9 Å². The van der Waals surface area contributed by atoms with Crippen LogP contribution in [0, 0.1) is 0 Å². The van der Waals surface area contributed by atoms with Crippen LogP contribution in [0.15, 0.2) is 34.8 Å². The lowest BCUT2D eigenvalue weighted by molar-refractivity contribution is -0.116. The first-order valence-electron chi connectivity index (χ1n) is 4.97. The molecule has 1 N–H and O–H groups in total. The van der Waals surface area contributed by atoms with Gasteiger partial charge < -0.3 is 5.11 Å². The molecule has 0 unspecified atom stereocenters. The van der Waals surface area contributed by atoms with Gasteiger partial charge in [-0.05, 0) is 35.9 Å². The average Bonchev–Trinajstić information content (AvgIpc) is 2.22. The number of aromatic hydroxyl groups is 1. The number of halogens is 1. The van der Waals surface area contributed by atoms with E-state index in [4.69, 9.17) is 0 Å². The molecule has 2 aromatic carbocycles. The molecular weight excluding hydrogens is 268 g/mol. The van der Waals surface area contributed by atoms with Crippen molar-refractivity contribution in [1.82, 2.24) is 0 Å². The van der Waals surface area contributed by atoms with E-state index in [1.165, 1.54) is 6.92 Å². The van der Waals surface area contributed by atoms with Gasteiger partial charge in [-0.2, -0.15) is 0 Å². The summed E-state index contributed by atoms with van der Waals surface area (Å²) in [5, 5.41) is 11.7. The van der Waals surface area contributed by atoms with E-state index < -0.39 is 0 Å². The molecule has 0 aromatic heterocycles. The quantitative estimate of drug-likeness (QED) is 0.914. The Kier molecular flexibility index (Phi) is 2.97. The van der Waals surface area contributed by atoms with Gasteiger partial charge in [-0.3, -0.25) is 4.79 Å². The van der Waals surface area contributed by atoms with Crippen LogP contribution in [0.3, 0.4) is 0 Å². The van der Waals surface area contributed by atoms with Gasteiger partial charge in [-0.15, -0.1) is 0 Å². The Morgan fingerprint density at radius 1 is 1.31 bits per heavy atom. The van der Waals surface area contributed by atoms with Gasteiger partial charge in [0.2, 0.25) is 0 Å². The Bertz CT molecular complexity index is 561. The van der Waals surface area contributed by atoms with Crippen molar-refractivity contribution in [2.24, 2.45) is 0 Å². The number of carbonyl (C=O) groups excluding carboxylic acids is 1. The Labute approximate surface area is 102 Å². The van der Waals surface area contributed by atoms with E-state index in [0.717, 1.165) is 15.2 Å². The maximum absolute atomic E-state index is 11.2. The summed E-state index contributed by atoms with van der Waals surface area (Å²) in [7, 11) is 0.